The molecule has 1 aromatic heterocycles. The average molecular weight is 461 g/mol. The van der Waals surface area contributed by atoms with Crippen molar-refractivity contribution in [1.82, 2.24) is 4.98 Å². The Bertz CT molecular complexity index is 1020. The van der Waals surface area contributed by atoms with Crippen molar-refractivity contribution in [3.05, 3.63) is 83.5 Å². The Labute approximate surface area is 177 Å². The molecule has 0 radical (unpaired) electrons. The summed E-state index contributed by atoms with van der Waals surface area (Å²) in [5.41, 5.74) is 6.87. The fourth-order valence-corrected chi connectivity index (χ4v) is 2.86. The molecule has 0 fully saturated rings. The van der Waals surface area contributed by atoms with Crippen LogP contribution in [0, 0.1) is 0 Å². The van der Waals surface area contributed by atoms with Gasteiger partial charge in [-0.2, -0.15) is 0 Å². The first kappa shape index (κ1) is 21.3. The topological polar surface area (TPSA) is 91.4 Å². The van der Waals surface area contributed by atoms with Gasteiger partial charge < -0.3 is 21.3 Å². The molecule has 7 heteroatoms. The van der Waals surface area contributed by atoms with E-state index < -0.39 is 0 Å². The zero-order chi connectivity index (χ0) is 19.2. The number of nitrogens with one attached hydrogen (secondary N) is 1. The third-order valence-electron chi connectivity index (χ3n) is 3.77. The minimum absolute atomic E-state index is 0. The summed E-state index contributed by atoms with van der Waals surface area (Å²) in [4.78, 5) is 4.40. The summed E-state index contributed by atoms with van der Waals surface area (Å²) in [7, 11) is 0. The molecule has 0 aliphatic heterocycles. The Balaban J connectivity index is 0.000000264. The van der Waals surface area contributed by atoms with Gasteiger partial charge in [0.15, 0.2) is 0 Å². The summed E-state index contributed by atoms with van der Waals surface area (Å²) in [6.45, 7) is 0. The number of nitrogens with zero attached hydrogens (tertiary/aromatic N) is 1. The largest absolute Gasteiger partial charge is 0.508 e. The second kappa shape index (κ2) is 9.82. The highest BCUT2D eigenvalue weighted by atomic mass is 79.9. The van der Waals surface area contributed by atoms with Gasteiger partial charge in [-0.05, 0) is 64.5 Å². The van der Waals surface area contributed by atoms with Crippen LogP contribution >= 0.6 is 28.3 Å². The number of pyridine rings is 1. The quantitative estimate of drug-likeness (QED) is 0.223. The highest BCUT2D eigenvalue weighted by Crippen LogP contribution is 2.29. The molecule has 4 aromatic rings. The van der Waals surface area contributed by atoms with E-state index in [2.05, 4.69) is 26.2 Å². The van der Waals surface area contributed by atoms with Gasteiger partial charge in [0.25, 0.3) is 0 Å². The van der Waals surface area contributed by atoms with Crippen LogP contribution < -0.4 is 11.1 Å². The summed E-state index contributed by atoms with van der Waals surface area (Å²) >= 11 is 3.50. The fraction of sp³-hybridized carbons (Fsp3) is 0. The van der Waals surface area contributed by atoms with Crippen LogP contribution in [-0.2, 0) is 0 Å². The Kier molecular flexibility index (Phi) is 7.49. The molecule has 0 aliphatic rings. The maximum atomic E-state index is 9.28. The van der Waals surface area contributed by atoms with E-state index in [1.807, 2.05) is 36.4 Å². The van der Waals surface area contributed by atoms with Gasteiger partial charge in [-0.3, -0.25) is 0 Å². The van der Waals surface area contributed by atoms with Crippen molar-refractivity contribution in [2.75, 3.05) is 11.1 Å². The molecule has 0 aliphatic carbocycles. The van der Waals surface area contributed by atoms with E-state index in [0.717, 1.165) is 26.8 Å². The van der Waals surface area contributed by atoms with Crippen molar-refractivity contribution in [1.29, 1.82) is 0 Å². The molecular formula is C21H19BrClN3O2. The third kappa shape index (κ3) is 5.52. The monoisotopic (exact) mass is 459 g/mol. The molecule has 5 nitrogen and oxygen atoms in total. The molecular weight excluding hydrogens is 442 g/mol. The van der Waals surface area contributed by atoms with E-state index in [0.29, 0.717) is 5.69 Å². The Morgan fingerprint density at radius 2 is 1.32 bits per heavy atom. The summed E-state index contributed by atoms with van der Waals surface area (Å²) < 4.78 is 0.972. The van der Waals surface area contributed by atoms with Gasteiger partial charge in [-0.25, -0.2) is 4.98 Å². The molecule has 0 amide bonds. The summed E-state index contributed by atoms with van der Waals surface area (Å²) in [6, 6.07) is 21.4. The summed E-state index contributed by atoms with van der Waals surface area (Å²) in [5.74, 6) is 1.29. The van der Waals surface area contributed by atoms with E-state index in [1.54, 1.807) is 42.6 Å². The molecule has 4 rings (SSSR count). The van der Waals surface area contributed by atoms with Gasteiger partial charge in [0, 0.05) is 32.8 Å². The average Bonchev–Trinajstić information content (AvgIpc) is 2.69. The van der Waals surface area contributed by atoms with Gasteiger partial charge in [-0.1, -0.05) is 24.3 Å². The van der Waals surface area contributed by atoms with E-state index in [4.69, 9.17) is 10.8 Å². The molecule has 28 heavy (non-hydrogen) atoms. The lowest BCUT2D eigenvalue weighted by Crippen LogP contribution is -1.94. The number of halogens is 2. The summed E-state index contributed by atoms with van der Waals surface area (Å²) in [5, 5.41) is 23.4. The van der Waals surface area contributed by atoms with Gasteiger partial charge in [0.1, 0.15) is 17.3 Å². The van der Waals surface area contributed by atoms with Crippen LogP contribution in [0.15, 0.2) is 83.5 Å². The van der Waals surface area contributed by atoms with Gasteiger partial charge in [-0.15, -0.1) is 12.4 Å². The zero-order valence-electron chi connectivity index (χ0n) is 14.7. The first-order valence-electron chi connectivity index (χ1n) is 8.17. The number of phenolic OH excluding ortho intramolecular Hbond substituents is 2. The van der Waals surface area contributed by atoms with Gasteiger partial charge in [0.2, 0.25) is 0 Å². The zero-order valence-corrected chi connectivity index (χ0v) is 17.1. The van der Waals surface area contributed by atoms with Gasteiger partial charge in [0.05, 0.1) is 0 Å². The number of benzene rings is 3. The van der Waals surface area contributed by atoms with Crippen molar-refractivity contribution in [2.24, 2.45) is 0 Å². The Hall–Kier alpha value is -2.96. The second-order valence-corrected chi connectivity index (χ2v) is 6.62. The van der Waals surface area contributed by atoms with Crippen LogP contribution in [0.5, 0.6) is 11.5 Å². The lowest BCUT2D eigenvalue weighted by atomic mass is 10.1. The van der Waals surface area contributed by atoms with E-state index in [1.165, 1.54) is 0 Å². The lowest BCUT2D eigenvalue weighted by Gasteiger charge is -2.09. The molecule has 1 heterocycles. The Morgan fingerprint density at radius 1 is 0.786 bits per heavy atom. The van der Waals surface area contributed by atoms with Crippen molar-refractivity contribution < 1.29 is 10.2 Å². The van der Waals surface area contributed by atoms with Crippen molar-refractivity contribution in [2.45, 2.75) is 0 Å². The highest BCUT2D eigenvalue weighted by molar-refractivity contribution is 9.10. The Morgan fingerprint density at radius 3 is 1.89 bits per heavy atom. The number of anilines is 3. The first-order chi connectivity index (χ1) is 13.0. The predicted molar refractivity (Wildman–Crippen MR) is 121 cm³/mol. The highest BCUT2D eigenvalue weighted by Gasteiger charge is 2.05. The molecule has 144 valence electrons. The van der Waals surface area contributed by atoms with Crippen LogP contribution in [0.2, 0.25) is 0 Å². The van der Waals surface area contributed by atoms with Crippen LogP contribution in [0.1, 0.15) is 0 Å². The maximum Gasteiger partial charge on any atom is 0.138 e. The fourth-order valence-electron chi connectivity index (χ4n) is 2.41. The molecule has 0 saturated carbocycles. The first-order valence-corrected chi connectivity index (χ1v) is 8.96. The second-order valence-electron chi connectivity index (χ2n) is 5.76. The van der Waals surface area contributed by atoms with Crippen LogP contribution in [0.25, 0.3) is 10.8 Å². The lowest BCUT2D eigenvalue weighted by molar-refractivity contribution is 0.475. The molecule has 0 atom stereocenters. The van der Waals surface area contributed by atoms with Crippen LogP contribution in [-0.4, -0.2) is 15.2 Å². The molecule has 0 saturated heterocycles. The minimum atomic E-state index is 0. The van der Waals surface area contributed by atoms with Crippen molar-refractivity contribution in [3.8, 4) is 11.5 Å². The van der Waals surface area contributed by atoms with Crippen molar-refractivity contribution in [3.63, 3.8) is 0 Å². The maximum absolute atomic E-state index is 9.28. The minimum Gasteiger partial charge on any atom is -0.508 e. The number of hydrogen-bond acceptors (Lipinski definition) is 5. The number of aromatic hydroxyl groups is 2. The van der Waals surface area contributed by atoms with E-state index >= 15 is 0 Å². The molecule has 5 N–H and O–H groups in total. The smallest absolute Gasteiger partial charge is 0.138 e. The third-order valence-corrected chi connectivity index (χ3v) is 4.40. The number of fused-ring (bicyclic) bond motifs is 1. The molecule has 0 bridgehead atoms. The van der Waals surface area contributed by atoms with Crippen molar-refractivity contribution >= 4 is 56.3 Å². The van der Waals surface area contributed by atoms with Crippen LogP contribution in [0.3, 0.4) is 0 Å². The molecule has 0 spiro atoms. The number of hydrogen-bond donors (Lipinski definition) is 4. The number of rotatable bonds is 2. The number of phenols is 2. The van der Waals surface area contributed by atoms with E-state index in [9.17, 15) is 5.11 Å². The SMILES string of the molecule is Cl.Nc1ccc(O)cc1.Oc1ccc(Nc2ncc(Br)c3ccccc23)cc1. The number of aromatic nitrogens is 1. The van der Waals surface area contributed by atoms with E-state index in [-0.39, 0.29) is 23.9 Å². The number of nitrogens with two attached hydrogens (primary N) is 1. The van der Waals surface area contributed by atoms with Gasteiger partial charge >= 0.3 is 0 Å². The standard InChI is InChI=1S/C15H11BrN2O.C6H7NO.ClH/c16-14-9-17-15(13-4-2-1-3-12(13)14)18-10-5-7-11(19)8-6-10;7-5-1-3-6(8)4-2-5;/h1-9,19H,(H,17,18);1-4,8H,7H2;1H. The molecule has 3 aromatic carbocycles. The normalized spacial score (nSPS) is 9.75. The predicted octanol–water partition coefficient (Wildman–Crippen LogP) is 5.84. The summed E-state index contributed by atoms with van der Waals surface area (Å²) in [6.07, 6.45) is 1.78. The number of nitrogen functional groups attached to an aromatic ring is 1. The van der Waals surface area contributed by atoms with Crippen LogP contribution in [0.4, 0.5) is 17.2 Å². The molecule has 0 unspecified atom stereocenters.